The van der Waals surface area contributed by atoms with Gasteiger partial charge in [0.2, 0.25) is 0 Å². The molecule has 4 rings (SSSR count). The van der Waals surface area contributed by atoms with Crippen LogP contribution in [0.4, 0.5) is 39.2 Å². The average molecular weight is 485 g/mol. The number of carbonyl (C=O) groups is 1. The van der Waals surface area contributed by atoms with E-state index in [2.05, 4.69) is 31.2 Å². The van der Waals surface area contributed by atoms with Gasteiger partial charge in [-0.2, -0.15) is 0 Å². The fourth-order valence-corrected chi connectivity index (χ4v) is 3.54. The van der Waals surface area contributed by atoms with E-state index in [0.29, 0.717) is 40.3 Å². The molecule has 4 N–H and O–H groups in total. The van der Waals surface area contributed by atoms with Crippen molar-refractivity contribution in [3.63, 3.8) is 0 Å². The number of ether oxygens (including phenoxy) is 2. The molecule has 9 nitrogen and oxygen atoms in total. The Morgan fingerprint density at radius 3 is 1.89 bits per heavy atom. The number of nitrogens with zero attached hydrogens (tertiary/aromatic N) is 2. The normalized spacial score (nSPS) is 10.3. The summed E-state index contributed by atoms with van der Waals surface area (Å²) in [7, 11) is 3.06. The summed E-state index contributed by atoms with van der Waals surface area (Å²) in [4.78, 5) is 21.4. The number of hydrogen-bond acceptors (Lipinski definition) is 7. The molecule has 1 heterocycles. The van der Waals surface area contributed by atoms with Crippen molar-refractivity contribution in [1.82, 2.24) is 9.97 Å². The van der Waals surface area contributed by atoms with E-state index in [1.54, 1.807) is 37.4 Å². The second-order valence-corrected chi connectivity index (χ2v) is 8.00. The molecule has 0 atom stereocenters. The number of anilines is 6. The Morgan fingerprint density at radius 1 is 0.722 bits per heavy atom. The molecule has 0 aliphatic carbocycles. The third-order valence-electron chi connectivity index (χ3n) is 5.23. The van der Waals surface area contributed by atoms with Gasteiger partial charge in [-0.3, -0.25) is 0 Å². The van der Waals surface area contributed by atoms with Gasteiger partial charge in [-0.15, -0.1) is 0 Å². The lowest BCUT2D eigenvalue weighted by molar-refractivity contribution is 0.262. The van der Waals surface area contributed by atoms with Crippen molar-refractivity contribution < 1.29 is 14.3 Å². The summed E-state index contributed by atoms with van der Waals surface area (Å²) in [6.45, 7) is 3.89. The maximum absolute atomic E-state index is 12.5. The minimum absolute atomic E-state index is 0.402. The molecule has 0 aliphatic rings. The number of rotatable bonds is 8. The number of aromatic nitrogens is 2. The van der Waals surface area contributed by atoms with Crippen LogP contribution in [0, 0.1) is 13.8 Å². The number of urea groups is 1. The van der Waals surface area contributed by atoms with Gasteiger partial charge in [0.05, 0.1) is 19.9 Å². The molecule has 0 fully saturated rings. The highest BCUT2D eigenvalue weighted by Crippen LogP contribution is 2.34. The van der Waals surface area contributed by atoms with Crippen LogP contribution in [0.5, 0.6) is 11.5 Å². The van der Waals surface area contributed by atoms with Crippen molar-refractivity contribution >= 4 is 40.4 Å². The first-order chi connectivity index (χ1) is 17.4. The van der Waals surface area contributed by atoms with Crippen LogP contribution in [0.1, 0.15) is 11.4 Å². The van der Waals surface area contributed by atoms with Crippen molar-refractivity contribution in [2.45, 2.75) is 13.8 Å². The van der Waals surface area contributed by atoms with Gasteiger partial charge in [0, 0.05) is 23.1 Å². The van der Waals surface area contributed by atoms with Crippen molar-refractivity contribution in [2.75, 3.05) is 35.5 Å². The molecule has 4 aromatic rings. The average Bonchev–Trinajstić information content (AvgIpc) is 2.86. The fourth-order valence-electron chi connectivity index (χ4n) is 3.54. The molecule has 184 valence electrons. The SMILES string of the molecule is COc1cccc(NC(=O)Nc2ccc(Nc3cc(Nc4ccc(C)cc4)nc(C)n3)cc2)c1OC. The van der Waals surface area contributed by atoms with Gasteiger partial charge in [-0.1, -0.05) is 23.8 Å². The maximum atomic E-state index is 12.5. The molecular formula is C27H28N6O3. The molecule has 0 aliphatic heterocycles. The summed E-state index contributed by atoms with van der Waals surface area (Å²) in [5.41, 5.74) is 4.08. The van der Waals surface area contributed by atoms with E-state index >= 15 is 0 Å². The Balaban J connectivity index is 1.39. The van der Waals surface area contributed by atoms with E-state index in [0.717, 1.165) is 11.4 Å². The standard InChI is InChI=1S/C27H28N6O3/c1-17-8-10-19(11-9-17)30-24-16-25(29-18(2)28-24)31-20-12-14-21(15-13-20)32-27(34)33-22-6-5-7-23(35-3)26(22)36-4/h5-16H,1-4H3,(H2,32,33,34)(H2,28,29,30,31). The third-order valence-corrected chi connectivity index (χ3v) is 5.23. The van der Waals surface area contributed by atoms with Crippen LogP contribution in [0.15, 0.2) is 72.8 Å². The first-order valence-corrected chi connectivity index (χ1v) is 11.3. The maximum Gasteiger partial charge on any atom is 0.323 e. The van der Waals surface area contributed by atoms with E-state index < -0.39 is 6.03 Å². The zero-order valence-corrected chi connectivity index (χ0v) is 20.5. The van der Waals surface area contributed by atoms with Crippen LogP contribution in [-0.2, 0) is 0 Å². The van der Waals surface area contributed by atoms with E-state index in [4.69, 9.17) is 9.47 Å². The highest BCUT2D eigenvalue weighted by molar-refractivity contribution is 6.01. The Hall–Kier alpha value is -4.79. The van der Waals surface area contributed by atoms with Crippen LogP contribution in [0.25, 0.3) is 0 Å². The van der Waals surface area contributed by atoms with Gasteiger partial charge < -0.3 is 30.7 Å². The number of amides is 2. The lowest BCUT2D eigenvalue weighted by Crippen LogP contribution is -2.19. The second-order valence-electron chi connectivity index (χ2n) is 8.00. The minimum atomic E-state index is -0.402. The predicted molar refractivity (Wildman–Crippen MR) is 143 cm³/mol. The second kappa shape index (κ2) is 11.1. The highest BCUT2D eigenvalue weighted by Gasteiger charge is 2.12. The van der Waals surface area contributed by atoms with Crippen molar-refractivity contribution in [2.24, 2.45) is 0 Å². The monoisotopic (exact) mass is 484 g/mol. The summed E-state index contributed by atoms with van der Waals surface area (Å²) in [5, 5.41) is 12.2. The first kappa shape index (κ1) is 24.3. The Bertz CT molecular complexity index is 1340. The molecule has 0 spiro atoms. The van der Waals surface area contributed by atoms with Crippen molar-refractivity contribution in [3.8, 4) is 11.5 Å². The molecule has 3 aromatic carbocycles. The number of benzene rings is 3. The number of para-hydroxylation sites is 1. The van der Waals surface area contributed by atoms with E-state index in [1.807, 2.05) is 56.3 Å². The zero-order valence-electron chi connectivity index (χ0n) is 20.5. The molecule has 2 amide bonds. The molecular weight excluding hydrogens is 456 g/mol. The summed E-state index contributed by atoms with van der Waals surface area (Å²) < 4.78 is 10.6. The Kier molecular flexibility index (Phi) is 7.50. The van der Waals surface area contributed by atoms with Gasteiger partial charge in [0.1, 0.15) is 17.5 Å². The molecule has 0 saturated carbocycles. The largest absolute Gasteiger partial charge is 0.493 e. The molecule has 9 heteroatoms. The minimum Gasteiger partial charge on any atom is -0.493 e. The van der Waals surface area contributed by atoms with Crippen molar-refractivity contribution in [3.05, 3.63) is 84.2 Å². The number of methoxy groups -OCH3 is 2. The summed E-state index contributed by atoms with van der Waals surface area (Å²) in [6.07, 6.45) is 0. The molecule has 0 unspecified atom stereocenters. The quantitative estimate of drug-likeness (QED) is 0.234. The smallest absolute Gasteiger partial charge is 0.323 e. The molecule has 0 saturated heterocycles. The van der Waals surface area contributed by atoms with E-state index in [9.17, 15) is 4.79 Å². The van der Waals surface area contributed by atoms with Gasteiger partial charge in [0.25, 0.3) is 0 Å². The Morgan fingerprint density at radius 2 is 1.31 bits per heavy atom. The fraction of sp³-hybridized carbons (Fsp3) is 0.148. The summed E-state index contributed by atoms with van der Waals surface area (Å²) >= 11 is 0. The number of aryl methyl sites for hydroxylation is 2. The highest BCUT2D eigenvalue weighted by atomic mass is 16.5. The van der Waals surface area contributed by atoms with Gasteiger partial charge >= 0.3 is 6.03 Å². The lowest BCUT2D eigenvalue weighted by atomic mass is 10.2. The molecule has 0 radical (unpaired) electrons. The van der Waals surface area contributed by atoms with Gasteiger partial charge in [0.15, 0.2) is 11.5 Å². The van der Waals surface area contributed by atoms with Crippen LogP contribution < -0.4 is 30.7 Å². The molecule has 1 aromatic heterocycles. The van der Waals surface area contributed by atoms with Crippen molar-refractivity contribution in [1.29, 1.82) is 0 Å². The van der Waals surface area contributed by atoms with E-state index in [1.165, 1.54) is 12.7 Å². The molecule has 36 heavy (non-hydrogen) atoms. The van der Waals surface area contributed by atoms with Crippen LogP contribution in [0.3, 0.4) is 0 Å². The number of hydrogen-bond donors (Lipinski definition) is 4. The van der Waals surface area contributed by atoms with Crippen LogP contribution in [-0.4, -0.2) is 30.2 Å². The van der Waals surface area contributed by atoms with Gasteiger partial charge in [-0.25, -0.2) is 14.8 Å². The topological polar surface area (TPSA) is 109 Å². The summed E-state index contributed by atoms with van der Waals surface area (Å²) in [6, 6.07) is 22.1. The Labute approximate surface area is 209 Å². The number of nitrogens with one attached hydrogen (secondary N) is 4. The van der Waals surface area contributed by atoms with Gasteiger partial charge in [-0.05, 0) is 62.4 Å². The number of carbonyl (C=O) groups excluding carboxylic acids is 1. The summed E-state index contributed by atoms with van der Waals surface area (Å²) in [5.74, 6) is 2.96. The zero-order chi connectivity index (χ0) is 25.5. The third kappa shape index (κ3) is 6.20. The lowest BCUT2D eigenvalue weighted by Gasteiger charge is -2.14. The van der Waals surface area contributed by atoms with Crippen LogP contribution >= 0.6 is 0 Å². The predicted octanol–water partition coefficient (Wildman–Crippen LogP) is 6.24. The van der Waals surface area contributed by atoms with E-state index in [-0.39, 0.29) is 0 Å². The molecule has 0 bridgehead atoms. The van der Waals surface area contributed by atoms with Crippen LogP contribution in [0.2, 0.25) is 0 Å². The first-order valence-electron chi connectivity index (χ1n) is 11.3.